The second-order valence-electron chi connectivity index (χ2n) is 9.20. The Hall–Kier alpha value is -2.38. The standard InChI is InChI=1S/C25H33N3O3S/c1-18-15-21-16-23(13-14-25(21)28(18)19(2)29)32(30,31)26-24-12-8-7-9-20(24)17-27(3)22-10-5-4-6-11-22/h7-9,12-14,16,18,22,26H,4-6,10-11,15,17H2,1-3H3. The summed E-state index contributed by atoms with van der Waals surface area (Å²) >= 11 is 0. The molecule has 1 saturated carbocycles. The van der Waals surface area contributed by atoms with E-state index >= 15 is 0 Å². The maximum Gasteiger partial charge on any atom is 0.261 e. The highest BCUT2D eigenvalue weighted by Gasteiger charge is 2.30. The van der Waals surface area contributed by atoms with Crippen LogP contribution in [-0.4, -0.2) is 38.4 Å². The first kappa shape index (κ1) is 22.8. The molecule has 32 heavy (non-hydrogen) atoms. The third kappa shape index (κ3) is 4.69. The summed E-state index contributed by atoms with van der Waals surface area (Å²) in [6, 6.07) is 13.3. The molecular weight excluding hydrogens is 422 g/mol. The molecule has 2 aromatic rings. The molecule has 0 aromatic heterocycles. The molecule has 6 nitrogen and oxygen atoms in total. The second-order valence-corrected chi connectivity index (χ2v) is 10.9. The molecule has 0 radical (unpaired) electrons. The Morgan fingerprint density at radius 1 is 1.12 bits per heavy atom. The Kier molecular flexibility index (Phi) is 6.58. The first-order valence-electron chi connectivity index (χ1n) is 11.5. The van der Waals surface area contributed by atoms with Gasteiger partial charge >= 0.3 is 0 Å². The van der Waals surface area contributed by atoms with Crippen LogP contribution in [0.2, 0.25) is 0 Å². The molecule has 2 aromatic carbocycles. The van der Waals surface area contributed by atoms with Crippen LogP contribution in [0.4, 0.5) is 11.4 Å². The summed E-state index contributed by atoms with van der Waals surface area (Å²) in [7, 11) is -1.62. The summed E-state index contributed by atoms with van der Waals surface area (Å²) in [4.78, 5) is 16.3. The van der Waals surface area contributed by atoms with Crippen molar-refractivity contribution in [2.45, 2.75) is 75.9 Å². The minimum Gasteiger partial charge on any atom is -0.309 e. The zero-order valence-electron chi connectivity index (χ0n) is 19.2. The molecule has 4 rings (SSSR count). The van der Waals surface area contributed by atoms with E-state index in [9.17, 15) is 13.2 Å². The van der Waals surface area contributed by atoms with E-state index < -0.39 is 10.0 Å². The molecule has 1 amide bonds. The van der Waals surface area contributed by atoms with E-state index in [1.807, 2.05) is 31.2 Å². The number of benzene rings is 2. The van der Waals surface area contributed by atoms with Crippen molar-refractivity contribution in [3.05, 3.63) is 53.6 Å². The molecule has 7 heteroatoms. The topological polar surface area (TPSA) is 69.7 Å². The quantitative estimate of drug-likeness (QED) is 0.694. The SMILES string of the molecule is CC(=O)N1c2ccc(S(=O)(=O)Nc3ccccc3CN(C)C3CCCCC3)cc2CC1C. The molecule has 1 aliphatic carbocycles. The number of para-hydroxylation sites is 1. The van der Waals surface area contributed by atoms with Gasteiger partial charge in [0.25, 0.3) is 10.0 Å². The molecule has 1 heterocycles. The Balaban J connectivity index is 1.55. The van der Waals surface area contributed by atoms with Gasteiger partial charge < -0.3 is 4.90 Å². The number of hydrogen-bond donors (Lipinski definition) is 1. The summed E-state index contributed by atoms with van der Waals surface area (Å²) in [5.41, 5.74) is 3.29. The molecule has 1 unspecified atom stereocenters. The van der Waals surface area contributed by atoms with Crippen molar-refractivity contribution >= 4 is 27.3 Å². The Morgan fingerprint density at radius 3 is 2.56 bits per heavy atom. The highest BCUT2D eigenvalue weighted by Crippen LogP contribution is 2.34. The molecular formula is C25H33N3O3S. The normalized spacial score (nSPS) is 19.2. The molecule has 172 valence electrons. The Labute approximate surface area is 191 Å². The van der Waals surface area contributed by atoms with Crippen molar-refractivity contribution in [1.29, 1.82) is 0 Å². The van der Waals surface area contributed by atoms with Crippen LogP contribution >= 0.6 is 0 Å². The fourth-order valence-corrected chi connectivity index (χ4v) is 6.29. The van der Waals surface area contributed by atoms with Crippen molar-refractivity contribution in [1.82, 2.24) is 4.90 Å². The number of nitrogens with one attached hydrogen (secondary N) is 1. The minimum absolute atomic E-state index is 0.0269. The van der Waals surface area contributed by atoms with Gasteiger partial charge in [0, 0.05) is 31.2 Å². The number of amides is 1. The van der Waals surface area contributed by atoms with Gasteiger partial charge in [-0.15, -0.1) is 0 Å². The number of carbonyl (C=O) groups is 1. The number of anilines is 2. The number of carbonyl (C=O) groups excluding carboxylic acids is 1. The van der Waals surface area contributed by atoms with E-state index in [1.165, 1.54) is 32.1 Å². The average molecular weight is 456 g/mol. The number of fused-ring (bicyclic) bond motifs is 1. The Bertz CT molecular complexity index is 1090. The number of nitrogens with zero attached hydrogens (tertiary/aromatic N) is 2. The molecule has 0 saturated heterocycles. The van der Waals surface area contributed by atoms with E-state index in [4.69, 9.17) is 0 Å². The maximum absolute atomic E-state index is 13.2. The summed E-state index contributed by atoms with van der Waals surface area (Å²) in [5, 5.41) is 0. The van der Waals surface area contributed by atoms with Crippen molar-refractivity contribution in [3.63, 3.8) is 0 Å². The summed E-state index contributed by atoms with van der Waals surface area (Å²) in [5.74, 6) is -0.0269. The molecule has 1 fully saturated rings. The van der Waals surface area contributed by atoms with Crippen molar-refractivity contribution < 1.29 is 13.2 Å². The van der Waals surface area contributed by atoms with Gasteiger partial charge in [-0.1, -0.05) is 37.5 Å². The largest absolute Gasteiger partial charge is 0.309 e. The van der Waals surface area contributed by atoms with Gasteiger partial charge in [-0.25, -0.2) is 8.42 Å². The lowest BCUT2D eigenvalue weighted by molar-refractivity contribution is -0.116. The fraction of sp³-hybridized carbons (Fsp3) is 0.480. The maximum atomic E-state index is 13.2. The first-order chi connectivity index (χ1) is 15.3. The molecule has 0 spiro atoms. The minimum atomic E-state index is -3.75. The van der Waals surface area contributed by atoms with E-state index in [0.717, 1.165) is 16.8 Å². The summed E-state index contributed by atoms with van der Waals surface area (Å²) in [6.45, 7) is 4.23. The van der Waals surface area contributed by atoms with Crippen LogP contribution < -0.4 is 9.62 Å². The lowest BCUT2D eigenvalue weighted by Crippen LogP contribution is -2.33. The van der Waals surface area contributed by atoms with E-state index in [2.05, 4.69) is 16.7 Å². The van der Waals surface area contributed by atoms with Crippen LogP contribution in [0.3, 0.4) is 0 Å². The molecule has 1 atom stereocenters. The van der Waals surface area contributed by atoms with Crippen LogP contribution in [0.5, 0.6) is 0 Å². The van der Waals surface area contributed by atoms with E-state index in [0.29, 0.717) is 24.7 Å². The first-order valence-corrected chi connectivity index (χ1v) is 13.0. The molecule has 0 bridgehead atoms. The van der Waals surface area contributed by atoms with E-state index in [-0.39, 0.29) is 16.8 Å². The van der Waals surface area contributed by atoms with Crippen molar-refractivity contribution in [2.24, 2.45) is 0 Å². The predicted octanol–water partition coefficient (Wildman–Crippen LogP) is 4.55. The zero-order valence-corrected chi connectivity index (χ0v) is 20.0. The number of sulfonamides is 1. The van der Waals surface area contributed by atoms with Gasteiger partial charge in [0.05, 0.1) is 10.6 Å². The van der Waals surface area contributed by atoms with Gasteiger partial charge in [-0.2, -0.15) is 0 Å². The average Bonchev–Trinajstić information content (AvgIpc) is 3.10. The molecule has 1 aliphatic heterocycles. The van der Waals surface area contributed by atoms with Crippen LogP contribution in [0, 0.1) is 0 Å². The van der Waals surface area contributed by atoms with Crippen molar-refractivity contribution in [3.8, 4) is 0 Å². The third-order valence-electron chi connectivity index (χ3n) is 6.80. The van der Waals surface area contributed by atoms with Gasteiger partial charge in [0.1, 0.15) is 0 Å². The number of hydrogen-bond acceptors (Lipinski definition) is 4. The zero-order chi connectivity index (χ0) is 22.9. The van der Waals surface area contributed by atoms with Gasteiger partial charge in [-0.05, 0) is 68.6 Å². The van der Waals surface area contributed by atoms with Crippen LogP contribution in [0.25, 0.3) is 0 Å². The summed E-state index contributed by atoms with van der Waals surface area (Å²) in [6.07, 6.45) is 6.90. The smallest absolute Gasteiger partial charge is 0.261 e. The third-order valence-corrected chi connectivity index (χ3v) is 8.16. The molecule has 2 aliphatic rings. The predicted molar refractivity (Wildman–Crippen MR) is 128 cm³/mol. The van der Waals surface area contributed by atoms with Gasteiger partial charge in [0.2, 0.25) is 5.91 Å². The lowest BCUT2D eigenvalue weighted by Gasteiger charge is -2.31. The number of rotatable bonds is 6. The highest BCUT2D eigenvalue weighted by atomic mass is 32.2. The van der Waals surface area contributed by atoms with Crippen LogP contribution in [0.1, 0.15) is 57.1 Å². The lowest BCUT2D eigenvalue weighted by atomic mass is 9.94. The van der Waals surface area contributed by atoms with Crippen LogP contribution in [0.15, 0.2) is 47.4 Å². The van der Waals surface area contributed by atoms with Crippen LogP contribution in [-0.2, 0) is 27.8 Å². The van der Waals surface area contributed by atoms with E-state index in [1.54, 1.807) is 30.0 Å². The fourth-order valence-electron chi connectivity index (χ4n) is 5.14. The molecule has 1 N–H and O–H groups in total. The van der Waals surface area contributed by atoms with Gasteiger partial charge in [-0.3, -0.25) is 14.4 Å². The van der Waals surface area contributed by atoms with Crippen molar-refractivity contribution in [2.75, 3.05) is 16.7 Å². The van der Waals surface area contributed by atoms with Gasteiger partial charge in [0.15, 0.2) is 0 Å². The summed E-state index contributed by atoms with van der Waals surface area (Å²) < 4.78 is 29.3. The highest BCUT2D eigenvalue weighted by molar-refractivity contribution is 7.92. The monoisotopic (exact) mass is 455 g/mol. The Morgan fingerprint density at radius 2 is 1.84 bits per heavy atom. The second kappa shape index (κ2) is 9.24.